The van der Waals surface area contributed by atoms with Crippen molar-refractivity contribution in [2.45, 2.75) is 6.04 Å². The van der Waals surface area contributed by atoms with Crippen LogP contribution < -0.4 is 9.80 Å². The molecule has 0 aliphatic carbocycles. The Morgan fingerprint density at radius 3 is 2.50 bits per heavy atom. The third-order valence-electron chi connectivity index (χ3n) is 3.58. The summed E-state index contributed by atoms with van der Waals surface area (Å²) < 4.78 is 0. The van der Waals surface area contributed by atoms with Crippen molar-refractivity contribution in [2.24, 2.45) is 0 Å². The molecule has 2 aromatic rings. The van der Waals surface area contributed by atoms with Gasteiger partial charge in [0.05, 0.1) is 18.2 Å². The first-order valence-corrected chi connectivity index (χ1v) is 6.98. The van der Waals surface area contributed by atoms with Crippen molar-refractivity contribution in [2.75, 3.05) is 36.0 Å². The van der Waals surface area contributed by atoms with Gasteiger partial charge in [0, 0.05) is 44.4 Å². The van der Waals surface area contributed by atoms with Gasteiger partial charge < -0.3 is 14.9 Å². The Balaban J connectivity index is 1.75. The highest BCUT2D eigenvalue weighted by molar-refractivity contribution is 5.73. The zero-order valence-electron chi connectivity index (χ0n) is 11.9. The van der Waals surface area contributed by atoms with Crippen LogP contribution in [0.15, 0.2) is 30.9 Å². The summed E-state index contributed by atoms with van der Waals surface area (Å²) in [5, 5.41) is 9.66. The van der Waals surface area contributed by atoms with E-state index in [0.29, 0.717) is 43.4 Å². The fourth-order valence-corrected chi connectivity index (χ4v) is 2.45. The van der Waals surface area contributed by atoms with Crippen LogP contribution in [0, 0.1) is 0 Å². The number of hydrogen-bond donors (Lipinski definition) is 1. The lowest BCUT2D eigenvalue weighted by molar-refractivity contribution is 0.112. The van der Waals surface area contributed by atoms with Crippen LogP contribution in [0.3, 0.4) is 0 Å². The van der Waals surface area contributed by atoms with Crippen LogP contribution in [-0.4, -0.2) is 63.6 Å². The molecule has 1 aliphatic rings. The Bertz CT molecular complexity index is 621. The van der Waals surface area contributed by atoms with E-state index in [4.69, 9.17) is 0 Å². The lowest BCUT2D eigenvalue weighted by atomic mass is 10.2. The van der Waals surface area contributed by atoms with E-state index in [9.17, 15) is 9.90 Å². The number of aliphatic hydroxyl groups is 1. The van der Waals surface area contributed by atoms with Crippen molar-refractivity contribution in [3.8, 4) is 0 Å². The molecule has 0 aromatic carbocycles. The topological polar surface area (TPSA) is 95.3 Å². The quantitative estimate of drug-likeness (QED) is 0.773. The molecule has 0 unspecified atom stereocenters. The number of hydrogen-bond acceptors (Lipinski definition) is 8. The van der Waals surface area contributed by atoms with E-state index < -0.39 is 0 Å². The van der Waals surface area contributed by atoms with Crippen LogP contribution in [0.25, 0.3) is 0 Å². The summed E-state index contributed by atoms with van der Waals surface area (Å²) in [5.74, 6) is 1.16. The van der Waals surface area contributed by atoms with Crippen molar-refractivity contribution < 1.29 is 9.90 Å². The molecule has 2 aromatic heterocycles. The number of anilines is 2. The molecule has 1 fully saturated rings. The second-order valence-electron chi connectivity index (χ2n) is 4.96. The zero-order chi connectivity index (χ0) is 15.4. The first-order chi connectivity index (χ1) is 10.8. The molecule has 0 saturated carbocycles. The van der Waals surface area contributed by atoms with Crippen LogP contribution >= 0.6 is 0 Å². The monoisotopic (exact) mass is 300 g/mol. The third kappa shape index (κ3) is 2.86. The summed E-state index contributed by atoms with van der Waals surface area (Å²) in [7, 11) is 0. The predicted octanol–water partition coefficient (Wildman–Crippen LogP) is -0.233. The van der Waals surface area contributed by atoms with Gasteiger partial charge in [-0.25, -0.2) is 19.9 Å². The lowest BCUT2D eigenvalue weighted by Crippen LogP contribution is -2.56. The number of aliphatic hydroxyl groups excluding tert-OH is 1. The molecule has 1 atom stereocenters. The molecular formula is C14H16N6O2. The molecule has 1 N–H and O–H groups in total. The van der Waals surface area contributed by atoms with E-state index in [1.807, 2.05) is 9.80 Å². The van der Waals surface area contributed by atoms with Gasteiger partial charge in [-0.05, 0) is 6.07 Å². The van der Waals surface area contributed by atoms with E-state index in [-0.39, 0.29) is 12.6 Å². The van der Waals surface area contributed by atoms with Gasteiger partial charge in [0.25, 0.3) is 0 Å². The normalized spacial score (nSPS) is 18.3. The minimum atomic E-state index is -0.134. The van der Waals surface area contributed by atoms with Crippen LogP contribution in [0.1, 0.15) is 10.4 Å². The second kappa shape index (κ2) is 6.44. The molecule has 22 heavy (non-hydrogen) atoms. The SMILES string of the molecule is O=Cc1cnc(N2CCN(c3ncccn3)[C@@H](CO)C2)nc1. The summed E-state index contributed by atoms with van der Waals surface area (Å²) in [6.07, 6.45) is 7.08. The largest absolute Gasteiger partial charge is 0.394 e. The zero-order valence-corrected chi connectivity index (χ0v) is 11.9. The summed E-state index contributed by atoms with van der Waals surface area (Å²) in [6, 6.07) is 1.63. The number of carbonyl (C=O) groups is 1. The van der Waals surface area contributed by atoms with Crippen LogP contribution in [-0.2, 0) is 0 Å². The molecule has 3 heterocycles. The third-order valence-corrected chi connectivity index (χ3v) is 3.58. The van der Waals surface area contributed by atoms with Gasteiger partial charge in [-0.1, -0.05) is 0 Å². The van der Waals surface area contributed by atoms with Gasteiger partial charge in [-0.3, -0.25) is 4.79 Å². The number of nitrogens with zero attached hydrogens (tertiary/aromatic N) is 6. The first kappa shape index (κ1) is 14.3. The number of rotatable bonds is 4. The number of aldehydes is 1. The van der Waals surface area contributed by atoms with Gasteiger partial charge >= 0.3 is 0 Å². The van der Waals surface area contributed by atoms with Gasteiger partial charge in [0.2, 0.25) is 11.9 Å². The lowest BCUT2D eigenvalue weighted by Gasteiger charge is -2.40. The van der Waals surface area contributed by atoms with Crippen LogP contribution in [0.4, 0.5) is 11.9 Å². The molecule has 0 spiro atoms. The Morgan fingerprint density at radius 2 is 1.86 bits per heavy atom. The molecule has 1 saturated heterocycles. The van der Waals surface area contributed by atoms with Gasteiger partial charge in [0.1, 0.15) is 0 Å². The first-order valence-electron chi connectivity index (χ1n) is 6.98. The molecular weight excluding hydrogens is 284 g/mol. The molecule has 8 heteroatoms. The average molecular weight is 300 g/mol. The smallest absolute Gasteiger partial charge is 0.225 e. The number of piperazine rings is 1. The molecule has 3 rings (SSSR count). The van der Waals surface area contributed by atoms with Crippen molar-refractivity contribution in [3.05, 3.63) is 36.4 Å². The fourth-order valence-electron chi connectivity index (χ4n) is 2.45. The van der Waals surface area contributed by atoms with Crippen molar-refractivity contribution in [1.82, 2.24) is 19.9 Å². The maximum Gasteiger partial charge on any atom is 0.225 e. The van der Waals surface area contributed by atoms with Crippen molar-refractivity contribution in [1.29, 1.82) is 0 Å². The van der Waals surface area contributed by atoms with Crippen LogP contribution in [0.2, 0.25) is 0 Å². The molecule has 0 radical (unpaired) electrons. The van der Waals surface area contributed by atoms with E-state index >= 15 is 0 Å². The van der Waals surface area contributed by atoms with Gasteiger partial charge in [-0.2, -0.15) is 0 Å². The Hall–Kier alpha value is -2.61. The van der Waals surface area contributed by atoms with Gasteiger partial charge in [-0.15, -0.1) is 0 Å². The Kier molecular flexibility index (Phi) is 4.19. The fraction of sp³-hybridized carbons (Fsp3) is 0.357. The highest BCUT2D eigenvalue weighted by Crippen LogP contribution is 2.18. The van der Waals surface area contributed by atoms with E-state index in [1.54, 1.807) is 18.5 Å². The summed E-state index contributed by atoms with van der Waals surface area (Å²) >= 11 is 0. The molecule has 8 nitrogen and oxygen atoms in total. The van der Waals surface area contributed by atoms with E-state index in [0.717, 1.165) is 0 Å². The minimum absolute atomic E-state index is 0.0127. The second-order valence-corrected chi connectivity index (χ2v) is 4.96. The highest BCUT2D eigenvalue weighted by Gasteiger charge is 2.29. The molecule has 1 aliphatic heterocycles. The Morgan fingerprint density at radius 1 is 1.14 bits per heavy atom. The summed E-state index contributed by atoms with van der Waals surface area (Å²) in [6.45, 7) is 1.90. The number of carbonyl (C=O) groups excluding carboxylic acids is 1. The molecule has 114 valence electrons. The summed E-state index contributed by atoms with van der Waals surface area (Å²) in [5.41, 5.74) is 0.443. The average Bonchev–Trinajstić information content (AvgIpc) is 2.62. The number of aromatic nitrogens is 4. The molecule has 0 amide bonds. The Labute approximate surface area is 127 Å². The van der Waals surface area contributed by atoms with E-state index in [2.05, 4.69) is 19.9 Å². The summed E-state index contributed by atoms with van der Waals surface area (Å²) in [4.78, 5) is 31.5. The van der Waals surface area contributed by atoms with Crippen molar-refractivity contribution >= 4 is 18.2 Å². The predicted molar refractivity (Wildman–Crippen MR) is 79.9 cm³/mol. The molecule has 0 bridgehead atoms. The maximum atomic E-state index is 10.6. The van der Waals surface area contributed by atoms with E-state index in [1.165, 1.54) is 12.4 Å². The minimum Gasteiger partial charge on any atom is -0.394 e. The standard InChI is InChI=1S/C14H16N6O2/c21-9-11-6-17-13(18-7-11)19-4-5-20(12(8-19)10-22)14-15-2-1-3-16-14/h1-3,6-7,9,12,22H,4-5,8,10H2/t12-/m1/s1. The van der Waals surface area contributed by atoms with Crippen molar-refractivity contribution in [3.63, 3.8) is 0 Å². The maximum absolute atomic E-state index is 10.6. The van der Waals surface area contributed by atoms with Crippen LogP contribution in [0.5, 0.6) is 0 Å². The van der Waals surface area contributed by atoms with Gasteiger partial charge in [0.15, 0.2) is 6.29 Å². The highest BCUT2D eigenvalue weighted by atomic mass is 16.3.